The van der Waals surface area contributed by atoms with Crippen molar-refractivity contribution in [2.24, 2.45) is 11.8 Å². The van der Waals surface area contributed by atoms with Gasteiger partial charge in [-0.25, -0.2) is 0 Å². The Morgan fingerprint density at radius 3 is 2.29 bits per heavy atom. The number of esters is 1. The molecule has 82 valence electrons. The van der Waals surface area contributed by atoms with Gasteiger partial charge in [-0.05, 0) is 24.3 Å². The fraction of sp³-hybridized carbons (Fsp3) is 0.750. The van der Waals surface area contributed by atoms with Crippen molar-refractivity contribution in [2.75, 3.05) is 6.61 Å². The average molecular weight is 198 g/mol. The summed E-state index contributed by atoms with van der Waals surface area (Å²) in [6.45, 7) is 12.3. The van der Waals surface area contributed by atoms with Gasteiger partial charge in [0.25, 0.3) is 0 Å². The molecule has 0 fully saturated rings. The van der Waals surface area contributed by atoms with Gasteiger partial charge in [-0.15, -0.1) is 0 Å². The maximum Gasteiger partial charge on any atom is 0.308 e. The Hall–Kier alpha value is -0.790. The van der Waals surface area contributed by atoms with Crippen molar-refractivity contribution in [2.45, 2.75) is 40.5 Å². The van der Waals surface area contributed by atoms with Gasteiger partial charge in [0, 0.05) is 0 Å². The fourth-order valence-corrected chi connectivity index (χ4v) is 0.905. The minimum atomic E-state index is -0.143. The molecule has 0 saturated heterocycles. The molecule has 0 rings (SSSR count). The predicted octanol–water partition coefficient (Wildman–Crippen LogP) is 3.18. The second-order valence-corrected chi connectivity index (χ2v) is 4.44. The summed E-state index contributed by atoms with van der Waals surface area (Å²) < 4.78 is 5.06. The summed E-state index contributed by atoms with van der Waals surface area (Å²) in [6, 6.07) is 0. The van der Waals surface area contributed by atoms with E-state index < -0.39 is 0 Å². The van der Waals surface area contributed by atoms with Crippen molar-refractivity contribution < 1.29 is 9.53 Å². The zero-order valence-corrected chi connectivity index (χ0v) is 9.80. The smallest absolute Gasteiger partial charge is 0.308 e. The van der Waals surface area contributed by atoms with Crippen molar-refractivity contribution in [1.29, 1.82) is 0 Å². The van der Waals surface area contributed by atoms with Gasteiger partial charge in [0.05, 0.1) is 5.92 Å². The summed E-state index contributed by atoms with van der Waals surface area (Å²) in [7, 11) is 0. The predicted molar refractivity (Wildman–Crippen MR) is 59.0 cm³/mol. The van der Waals surface area contributed by atoms with Gasteiger partial charge in [-0.3, -0.25) is 4.79 Å². The topological polar surface area (TPSA) is 26.3 Å². The highest BCUT2D eigenvalue weighted by molar-refractivity contribution is 5.71. The summed E-state index contributed by atoms with van der Waals surface area (Å²) in [5.41, 5.74) is 1.01. The van der Waals surface area contributed by atoms with E-state index >= 15 is 0 Å². The van der Waals surface area contributed by atoms with E-state index in [1.807, 2.05) is 13.8 Å². The van der Waals surface area contributed by atoms with Crippen LogP contribution in [0.25, 0.3) is 0 Å². The summed E-state index contributed by atoms with van der Waals surface area (Å²) in [4.78, 5) is 11.1. The van der Waals surface area contributed by atoms with E-state index in [1.54, 1.807) is 0 Å². The number of hydrogen-bond donors (Lipinski definition) is 0. The molecule has 0 saturated carbocycles. The van der Waals surface area contributed by atoms with Crippen LogP contribution in [0.15, 0.2) is 12.2 Å². The number of hydrogen-bond acceptors (Lipinski definition) is 2. The van der Waals surface area contributed by atoms with Crippen LogP contribution in [-0.2, 0) is 9.53 Å². The van der Waals surface area contributed by atoms with Crippen molar-refractivity contribution in [3.63, 3.8) is 0 Å². The molecule has 0 spiro atoms. The SMILES string of the molecule is C=C(CCC(C)C)COC(=O)C(C)C. The van der Waals surface area contributed by atoms with Crippen molar-refractivity contribution >= 4 is 5.97 Å². The van der Waals surface area contributed by atoms with E-state index in [1.165, 1.54) is 0 Å². The summed E-state index contributed by atoms with van der Waals surface area (Å²) in [5.74, 6) is 0.483. The highest BCUT2D eigenvalue weighted by Crippen LogP contribution is 2.10. The van der Waals surface area contributed by atoms with Crippen LogP contribution in [0.2, 0.25) is 0 Å². The lowest BCUT2D eigenvalue weighted by Gasteiger charge is -2.10. The monoisotopic (exact) mass is 198 g/mol. The van der Waals surface area contributed by atoms with Crippen LogP contribution in [0.5, 0.6) is 0 Å². The van der Waals surface area contributed by atoms with Crippen molar-refractivity contribution in [3.8, 4) is 0 Å². The van der Waals surface area contributed by atoms with Crippen LogP contribution in [0.1, 0.15) is 40.5 Å². The first-order valence-electron chi connectivity index (χ1n) is 5.26. The molecular weight excluding hydrogens is 176 g/mol. The van der Waals surface area contributed by atoms with E-state index in [4.69, 9.17) is 4.74 Å². The lowest BCUT2D eigenvalue weighted by Crippen LogP contribution is -2.13. The third-order valence-electron chi connectivity index (χ3n) is 1.97. The number of carbonyl (C=O) groups is 1. The molecule has 14 heavy (non-hydrogen) atoms. The number of carbonyl (C=O) groups excluding carboxylic acids is 1. The van der Waals surface area contributed by atoms with Gasteiger partial charge >= 0.3 is 5.97 Å². The lowest BCUT2D eigenvalue weighted by molar-refractivity contribution is -0.146. The Balaban J connectivity index is 3.59. The van der Waals surface area contributed by atoms with Gasteiger partial charge in [-0.2, -0.15) is 0 Å². The van der Waals surface area contributed by atoms with Crippen molar-refractivity contribution in [1.82, 2.24) is 0 Å². The standard InChI is InChI=1S/C12H22O2/c1-9(2)6-7-11(5)8-14-12(13)10(3)4/h9-10H,5-8H2,1-4H3. The average Bonchev–Trinajstić information content (AvgIpc) is 2.10. The summed E-state index contributed by atoms with van der Waals surface area (Å²) in [6.07, 6.45) is 2.06. The Labute approximate surface area is 87.3 Å². The molecule has 0 aliphatic heterocycles. The molecule has 0 atom stereocenters. The third kappa shape index (κ3) is 6.70. The zero-order chi connectivity index (χ0) is 11.1. The molecule has 0 aromatic carbocycles. The maximum atomic E-state index is 11.1. The van der Waals surface area contributed by atoms with E-state index in [9.17, 15) is 4.79 Å². The van der Waals surface area contributed by atoms with Gasteiger partial charge in [-0.1, -0.05) is 34.3 Å². The van der Waals surface area contributed by atoms with Gasteiger partial charge in [0.1, 0.15) is 6.61 Å². The van der Waals surface area contributed by atoms with Crippen LogP contribution >= 0.6 is 0 Å². The molecule has 0 aliphatic rings. The second-order valence-electron chi connectivity index (χ2n) is 4.44. The minimum absolute atomic E-state index is 0.0482. The largest absolute Gasteiger partial charge is 0.461 e. The first-order valence-corrected chi connectivity index (χ1v) is 5.26. The first-order chi connectivity index (χ1) is 6.43. The zero-order valence-electron chi connectivity index (χ0n) is 9.80. The molecule has 0 N–H and O–H groups in total. The molecule has 2 nitrogen and oxygen atoms in total. The highest BCUT2D eigenvalue weighted by Gasteiger charge is 2.08. The quantitative estimate of drug-likeness (QED) is 0.484. The third-order valence-corrected chi connectivity index (χ3v) is 1.97. The minimum Gasteiger partial charge on any atom is -0.461 e. The maximum absolute atomic E-state index is 11.1. The molecule has 2 heteroatoms. The van der Waals surface area contributed by atoms with Gasteiger partial charge < -0.3 is 4.74 Å². The fourth-order valence-electron chi connectivity index (χ4n) is 0.905. The van der Waals surface area contributed by atoms with Crippen LogP contribution in [0.4, 0.5) is 0 Å². The Morgan fingerprint density at radius 2 is 1.86 bits per heavy atom. The van der Waals surface area contributed by atoms with Gasteiger partial charge in [0.2, 0.25) is 0 Å². The van der Waals surface area contributed by atoms with Crippen LogP contribution in [0.3, 0.4) is 0 Å². The molecule has 0 bridgehead atoms. The van der Waals surface area contributed by atoms with E-state index in [0.717, 1.165) is 18.4 Å². The molecule has 0 amide bonds. The van der Waals surface area contributed by atoms with E-state index in [-0.39, 0.29) is 11.9 Å². The van der Waals surface area contributed by atoms with E-state index in [0.29, 0.717) is 12.5 Å². The van der Waals surface area contributed by atoms with Crippen LogP contribution in [0, 0.1) is 11.8 Å². The highest BCUT2D eigenvalue weighted by atomic mass is 16.5. The van der Waals surface area contributed by atoms with Crippen molar-refractivity contribution in [3.05, 3.63) is 12.2 Å². The first kappa shape index (κ1) is 13.2. The Morgan fingerprint density at radius 1 is 1.29 bits per heavy atom. The molecule has 0 unspecified atom stereocenters. The Bertz CT molecular complexity index is 192. The number of ether oxygens (including phenoxy) is 1. The normalized spacial score (nSPS) is 10.7. The summed E-state index contributed by atoms with van der Waals surface area (Å²) in [5, 5.41) is 0. The van der Waals surface area contributed by atoms with Gasteiger partial charge in [0.15, 0.2) is 0 Å². The second kappa shape index (κ2) is 6.63. The molecule has 0 radical (unpaired) electrons. The Kier molecular flexibility index (Phi) is 6.26. The molecular formula is C12H22O2. The van der Waals surface area contributed by atoms with E-state index in [2.05, 4.69) is 20.4 Å². The molecule has 0 aromatic rings. The molecule has 0 heterocycles. The molecule has 0 aliphatic carbocycles. The molecule has 0 aromatic heterocycles. The number of rotatable bonds is 6. The lowest BCUT2D eigenvalue weighted by atomic mass is 10.0. The van der Waals surface area contributed by atoms with Crippen LogP contribution < -0.4 is 0 Å². The van der Waals surface area contributed by atoms with Crippen LogP contribution in [-0.4, -0.2) is 12.6 Å². The summed E-state index contributed by atoms with van der Waals surface area (Å²) >= 11 is 0.